The summed E-state index contributed by atoms with van der Waals surface area (Å²) in [6.45, 7) is 6.07. The fourth-order valence-corrected chi connectivity index (χ4v) is 2.24. The minimum Gasteiger partial charge on any atom is -0.339 e. The number of rotatable bonds is 5. The Labute approximate surface area is 118 Å². The zero-order chi connectivity index (χ0) is 14.7. The van der Waals surface area contributed by atoms with Crippen LogP contribution in [0.15, 0.2) is 22.7 Å². The molecule has 0 aliphatic carbocycles. The third-order valence-corrected chi connectivity index (χ3v) is 3.11. The molecule has 2 rings (SSSR count). The molecule has 5 heteroatoms. The van der Waals surface area contributed by atoms with Gasteiger partial charge in [0.05, 0.1) is 0 Å². The van der Waals surface area contributed by atoms with Gasteiger partial charge in [-0.15, -0.1) is 0 Å². The highest BCUT2D eigenvalue weighted by Crippen LogP contribution is 2.21. The molecular formula is C15H20FN3O. The summed E-state index contributed by atoms with van der Waals surface area (Å²) >= 11 is 0. The largest absolute Gasteiger partial charge is 0.339 e. The normalized spacial score (nSPS) is 12.9. The maximum absolute atomic E-state index is 13.1. The van der Waals surface area contributed by atoms with Crippen LogP contribution in [0, 0.1) is 18.7 Å². The summed E-state index contributed by atoms with van der Waals surface area (Å²) in [4.78, 5) is 4.34. The first-order chi connectivity index (χ1) is 9.45. The number of benzene rings is 1. The molecule has 0 saturated carbocycles. The molecule has 1 atom stereocenters. The van der Waals surface area contributed by atoms with Crippen molar-refractivity contribution < 1.29 is 8.91 Å². The molecule has 2 N–H and O–H groups in total. The van der Waals surface area contributed by atoms with E-state index in [-0.39, 0.29) is 11.9 Å². The van der Waals surface area contributed by atoms with Gasteiger partial charge in [-0.2, -0.15) is 4.98 Å². The molecule has 20 heavy (non-hydrogen) atoms. The van der Waals surface area contributed by atoms with Gasteiger partial charge in [-0.1, -0.05) is 19.0 Å². The first-order valence-electron chi connectivity index (χ1n) is 6.80. The van der Waals surface area contributed by atoms with E-state index in [1.807, 2.05) is 6.92 Å². The van der Waals surface area contributed by atoms with Crippen molar-refractivity contribution in [2.24, 2.45) is 11.7 Å². The van der Waals surface area contributed by atoms with Gasteiger partial charge >= 0.3 is 0 Å². The molecule has 0 aliphatic heterocycles. The van der Waals surface area contributed by atoms with Crippen LogP contribution in [-0.2, 0) is 6.42 Å². The van der Waals surface area contributed by atoms with Crippen LogP contribution in [-0.4, -0.2) is 16.2 Å². The number of hydrogen-bond acceptors (Lipinski definition) is 4. The predicted octanol–water partition coefficient (Wildman–Crippen LogP) is 3.10. The minimum atomic E-state index is -0.270. The van der Waals surface area contributed by atoms with E-state index in [0.717, 1.165) is 17.5 Å². The maximum atomic E-state index is 13.1. The van der Waals surface area contributed by atoms with Crippen LogP contribution in [0.4, 0.5) is 4.39 Å². The third-order valence-electron chi connectivity index (χ3n) is 3.11. The molecule has 2 aromatic rings. The summed E-state index contributed by atoms with van der Waals surface area (Å²) in [5.41, 5.74) is 7.59. The fourth-order valence-electron chi connectivity index (χ4n) is 2.24. The van der Waals surface area contributed by atoms with E-state index in [0.29, 0.717) is 24.1 Å². The smallest absolute Gasteiger partial charge is 0.228 e. The van der Waals surface area contributed by atoms with Gasteiger partial charge in [0.15, 0.2) is 0 Å². The lowest BCUT2D eigenvalue weighted by atomic mass is 10.0. The second-order valence-electron chi connectivity index (χ2n) is 5.56. The van der Waals surface area contributed by atoms with E-state index in [4.69, 9.17) is 10.3 Å². The quantitative estimate of drug-likeness (QED) is 0.912. The van der Waals surface area contributed by atoms with Crippen molar-refractivity contribution in [1.29, 1.82) is 0 Å². The zero-order valence-electron chi connectivity index (χ0n) is 12.1. The van der Waals surface area contributed by atoms with Crippen LogP contribution in [0.2, 0.25) is 0 Å². The van der Waals surface area contributed by atoms with E-state index < -0.39 is 0 Å². The van der Waals surface area contributed by atoms with Crippen LogP contribution in [0.5, 0.6) is 0 Å². The number of halogens is 1. The number of hydrogen-bond donors (Lipinski definition) is 1. The molecule has 0 spiro atoms. The van der Waals surface area contributed by atoms with Crippen LogP contribution in [0.25, 0.3) is 11.4 Å². The lowest BCUT2D eigenvalue weighted by molar-refractivity contribution is 0.359. The summed E-state index contributed by atoms with van der Waals surface area (Å²) in [6.07, 6.45) is 1.47. The molecule has 1 aromatic heterocycles. The van der Waals surface area contributed by atoms with Crippen LogP contribution < -0.4 is 5.73 Å². The summed E-state index contributed by atoms with van der Waals surface area (Å²) in [6, 6.07) is 4.52. The van der Waals surface area contributed by atoms with E-state index in [1.165, 1.54) is 12.1 Å². The molecule has 0 saturated heterocycles. The van der Waals surface area contributed by atoms with Gasteiger partial charge in [0.25, 0.3) is 0 Å². The van der Waals surface area contributed by atoms with Gasteiger partial charge in [0.2, 0.25) is 11.7 Å². The predicted molar refractivity (Wildman–Crippen MR) is 75.6 cm³/mol. The average Bonchev–Trinajstić information content (AvgIpc) is 2.75. The summed E-state index contributed by atoms with van der Waals surface area (Å²) in [5, 5.41) is 3.95. The van der Waals surface area contributed by atoms with E-state index >= 15 is 0 Å². The van der Waals surface area contributed by atoms with Gasteiger partial charge in [-0.25, -0.2) is 4.39 Å². The van der Waals surface area contributed by atoms with Crippen molar-refractivity contribution in [3.05, 3.63) is 35.5 Å². The number of nitrogens with zero attached hydrogens (tertiary/aromatic N) is 2. The lowest BCUT2D eigenvalue weighted by Gasteiger charge is -2.10. The van der Waals surface area contributed by atoms with E-state index in [1.54, 1.807) is 6.07 Å². The maximum Gasteiger partial charge on any atom is 0.228 e. The van der Waals surface area contributed by atoms with Crippen molar-refractivity contribution in [2.75, 3.05) is 0 Å². The molecule has 108 valence electrons. The Morgan fingerprint density at radius 2 is 2.10 bits per heavy atom. The summed E-state index contributed by atoms with van der Waals surface area (Å²) < 4.78 is 18.3. The van der Waals surface area contributed by atoms with Crippen molar-refractivity contribution in [3.8, 4) is 11.4 Å². The Hall–Kier alpha value is -1.75. The Kier molecular flexibility index (Phi) is 4.49. The van der Waals surface area contributed by atoms with Gasteiger partial charge in [0, 0.05) is 18.0 Å². The highest BCUT2D eigenvalue weighted by molar-refractivity contribution is 5.59. The first-order valence-corrected chi connectivity index (χ1v) is 6.80. The Morgan fingerprint density at radius 1 is 1.35 bits per heavy atom. The highest BCUT2D eigenvalue weighted by atomic mass is 19.1. The number of aryl methyl sites for hydroxylation is 1. The molecule has 4 nitrogen and oxygen atoms in total. The number of aromatic nitrogens is 2. The fraction of sp³-hybridized carbons (Fsp3) is 0.467. The summed E-state index contributed by atoms with van der Waals surface area (Å²) in [5.74, 6) is 1.27. The number of nitrogens with two attached hydrogens (primary N) is 1. The molecule has 0 bridgehead atoms. The molecule has 1 unspecified atom stereocenters. The molecule has 1 heterocycles. The average molecular weight is 277 g/mol. The Morgan fingerprint density at radius 3 is 2.75 bits per heavy atom. The van der Waals surface area contributed by atoms with Crippen molar-refractivity contribution in [1.82, 2.24) is 10.1 Å². The van der Waals surface area contributed by atoms with Crippen LogP contribution in [0.1, 0.15) is 31.7 Å². The van der Waals surface area contributed by atoms with Crippen LogP contribution in [0.3, 0.4) is 0 Å². The Bertz CT molecular complexity index is 580. The first kappa shape index (κ1) is 14.7. The Balaban J connectivity index is 2.12. The molecule has 1 aromatic carbocycles. The van der Waals surface area contributed by atoms with E-state index in [9.17, 15) is 4.39 Å². The molecule has 0 fully saturated rings. The monoisotopic (exact) mass is 277 g/mol. The molecule has 0 radical (unpaired) electrons. The van der Waals surface area contributed by atoms with Gasteiger partial charge in [-0.05, 0) is 43.0 Å². The van der Waals surface area contributed by atoms with Crippen molar-refractivity contribution in [3.63, 3.8) is 0 Å². The summed E-state index contributed by atoms with van der Waals surface area (Å²) in [7, 11) is 0. The van der Waals surface area contributed by atoms with Crippen molar-refractivity contribution in [2.45, 2.75) is 39.7 Å². The highest BCUT2D eigenvalue weighted by Gasteiger charge is 2.14. The van der Waals surface area contributed by atoms with Gasteiger partial charge in [-0.3, -0.25) is 0 Å². The van der Waals surface area contributed by atoms with Crippen molar-refractivity contribution >= 4 is 0 Å². The van der Waals surface area contributed by atoms with Gasteiger partial charge in [0.1, 0.15) is 5.82 Å². The molecule has 0 aliphatic rings. The van der Waals surface area contributed by atoms with Crippen LogP contribution >= 0.6 is 0 Å². The standard InChI is InChI=1S/C15H20FN3O/c1-9(2)6-12(17)8-14-18-15(19-20-14)13-5-4-11(16)7-10(13)3/h4-5,7,9,12H,6,8,17H2,1-3H3. The minimum absolute atomic E-state index is 0.0117. The molecule has 0 amide bonds. The lowest BCUT2D eigenvalue weighted by Crippen LogP contribution is -2.24. The van der Waals surface area contributed by atoms with Gasteiger partial charge < -0.3 is 10.3 Å². The second kappa shape index (κ2) is 6.13. The third kappa shape index (κ3) is 3.63. The molecular weight excluding hydrogens is 257 g/mol. The zero-order valence-corrected chi connectivity index (χ0v) is 12.1. The second-order valence-corrected chi connectivity index (χ2v) is 5.56. The van der Waals surface area contributed by atoms with E-state index in [2.05, 4.69) is 24.0 Å². The topological polar surface area (TPSA) is 64.9 Å². The SMILES string of the molecule is Cc1cc(F)ccc1-c1noc(CC(N)CC(C)C)n1.